The van der Waals surface area contributed by atoms with E-state index in [2.05, 4.69) is 5.32 Å². The predicted octanol–water partition coefficient (Wildman–Crippen LogP) is 4.01. The topological polar surface area (TPSA) is 49.4 Å². The fourth-order valence-corrected chi connectivity index (χ4v) is 3.50. The molecule has 1 N–H and O–H groups in total. The molecule has 30 heavy (non-hydrogen) atoms. The van der Waals surface area contributed by atoms with Gasteiger partial charge < -0.3 is 10.2 Å². The molecule has 0 bridgehead atoms. The molecule has 0 aromatic heterocycles. The van der Waals surface area contributed by atoms with Gasteiger partial charge in [-0.3, -0.25) is 9.59 Å². The Hall–Kier alpha value is -3.40. The van der Waals surface area contributed by atoms with Gasteiger partial charge in [0.15, 0.2) is 0 Å². The normalized spacial score (nSPS) is 11.5. The molecule has 3 aromatic carbocycles. The van der Waals surface area contributed by atoms with Crippen LogP contribution in [0.15, 0.2) is 91.0 Å². The molecule has 4 heteroatoms. The van der Waals surface area contributed by atoms with Gasteiger partial charge in [-0.1, -0.05) is 91.0 Å². The zero-order valence-electron chi connectivity index (χ0n) is 17.3. The van der Waals surface area contributed by atoms with Crippen LogP contribution in [0.2, 0.25) is 0 Å². The maximum atomic E-state index is 13.4. The molecule has 0 aliphatic carbocycles. The maximum absolute atomic E-state index is 13.4. The van der Waals surface area contributed by atoms with Gasteiger partial charge in [-0.05, 0) is 23.6 Å². The summed E-state index contributed by atoms with van der Waals surface area (Å²) in [4.78, 5) is 28.2. The molecule has 0 unspecified atom stereocenters. The molecule has 4 nitrogen and oxygen atoms in total. The molecule has 154 valence electrons. The summed E-state index contributed by atoms with van der Waals surface area (Å²) < 4.78 is 0. The molecular weight excluding hydrogens is 372 g/mol. The molecule has 0 radical (unpaired) electrons. The molecule has 2 amide bonds. The van der Waals surface area contributed by atoms with Crippen LogP contribution in [0.5, 0.6) is 0 Å². The number of amides is 2. The Kier molecular flexibility index (Phi) is 7.78. The van der Waals surface area contributed by atoms with Crippen LogP contribution in [0.4, 0.5) is 0 Å². The quantitative estimate of drug-likeness (QED) is 0.590. The Labute approximate surface area is 178 Å². The highest BCUT2D eigenvalue weighted by atomic mass is 16.2. The monoisotopic (exact) mass is 400 g/mol. The minimum atomic E-state index is -0.580. The van der Waals surface area contributed by atoms with Crippen LogP contribution in [0, 0.1) is 0 Å². The SMILES string of the molecule is CCNC(=O)[C@H](Cc1ccccc1)N(Cc1ccccc1)C(=O)Cc1ccccc1. The van der Waals surface area contributed by atoms with E-state index in [0.29, 0.717) is 19.5 Å². The largest absolute Gasteiger partial charge is 0.355 e. The van der Waals surface area contributed by atoms with Gasteiger partial charge in [-0.2, -0.15) is 0 Å². The fourth-order valence-electron chi connectivity index (χ4n) is 3.50. The van der Waals surface area contributed by atoms with E-state index in [1.807, 2.05) is 97.9 Å². The van der Waals surface area contributed by atoms with Crippen molar-refractivity contribution in [2.45, 2.75) is 32.4 Å². The van der Waals surface area contributed by atoms with E-state index in [1.54, 1.807) is 4.90 Å². The molecule has 3 rings (SSSR count). The molecule has 1 atom stereocenters. The summed E-state index contributed by atoms with van der Waals surface area (Å²) >= 11 is 0. The van der Waals surface area contributed by atoms with Crippen molar-refractivity contribution in [2.24, 2.45) is 0 Å². The number of carbonyl (C=O) groups is 2. The van der Waals surface area contributed by atoms with E-state index in [9.17, 15) is 9.59 Å². The second-order valence-electron chi connectivity index (χ2n) is 7.27. The molecule has 0 saturated heterocycles. The first-order valence-electron chi connectivity index (χ1n) is 10.4. The van der Waals surface area contributed by atoms with Crippen molar-refractivity contribution in [1.29, 1.82) is 0 Å². The number of nitrogens with one attached hydrogen (secondary N) is 1. The fraction of sp³-hybridized carbons (Fsp3) is 0.231. The van der Waals surface area contributed by atoms with Crippen LogP contribution in [0.25, 0.3) is 0 Å². The van der Waals surface area contributed by atoms with Gasteiger partial charge >= 0.3 is 0 Å². The lowest BCUT2D eigenvalue weighted by Gasteiger charge is -2.31. The highest BCUT2D eigenvalue weighted by molar-refractivity contribution is 5.88. The van der Waals surface area contributed by atoms with Crippen molar-refractivity contribution in [3.63, 3.8) is 0 Å². The number of nitrogens with zero attached hydrogens (tertiary/aromatic N) is 1. The third-order valence-corrected chi connectivity index (χ3v) is 5.02. The second kappa shape index (κ2) is 11.0. The summed E-state index contributed by atoms with van der Waals surface area (Å²) in [5, 5.41) is 2.92. The number of hydrogen-bond donors (Lipinski definition) is 1. The Morgan fingerprint density at radius 2 is 1.27 bits per heavy atom. The number of rotatable bonds is 9. The molecule has 0 spiro atoms. The van der Waals surface area contributed by atoms with Crippen molar-refractivity contribution in [2.75, 3.05) is 6.54 Å². The first kappa shape index (κ1) is 21.3. The van der Waals surface area contributed by atoms with Gasteiger partial charge in [0.25, 0.3) is 0 Å². The summed E-state index contributed by atoms with van der Waals surface area (Å²) in [6, 6.07) is 28.8. The summed E-state index contributed by atoms with van der Waals surface area (Å²) in [6.45, 7) is 2.81. The van der Waals surface area contributed by atoms with Crippen molar-refractivity contribution >= 4 is 11.8 Å². The number of hydrogen-bond acceptors (Lipinski definition) is 2. The Bertz CT molecular complexity index is 927. The Balaban J connectivity index is 1.92. The van der Waals surface area contributed by atoms with Crippen LogP contribution >= 0.6 is 0 Å². The Morgan fingerprint density at radius 3 is 1.80 bits per heavy atom. The summed E-state index contributed by atoms with van der Waals surface area (Å²) in [5.41, 5.74) is 2.97. The van der Waals surface area contributed by atoms with E-state index < -0.39 is 6.04 Å². The van der Waals surface area contributed by atoms with Crippen LogP contribution in [-0.2, 0) is 29.0 Å². The van der Waals surface area contributed by atoms with E-state index in [4.69, 9.17) is 0 Å². The molecule has 0 fully saturated rings. The molecule has 3 aromatic rings. The summed E-state index contributed by atoms with van der Waals surface area (Å²) in [6.07, 6.45) is 0.735. The highest BCUT2D eigenvalue weighted by Gasteiger charge is 2.30. The van der Waals surface area contributed by atoms with E-state index in [0.717, 1.165) is 16.7 Å². The average molecular weight is 401 g/mol. The molecule has 0 saturated carbocycles. The van der Waals surface area contributed by atoms with Gasteiger partial charge in [0.1, 0.15) is 6.04 Å². The number of carbonyl (C=O) groups excluding carboxylic acids is 2. The minimum absolute atomic E-state index is 0.0581. The van der Waals surface area contributed by atoms with Gasteiger partial charge in [0.05, 0.1) is 6.42 Å². The summed E-state index contributed by atoms with van der Waals surface area (Å²) in [7, 11) is 0. The van der Waals surface area contributed by atoms with Crippen LogP contribution < -0.4 is 5.32 Å². The van der Waals surface area contributed by atoms with Crippen molar-refractivity contribution in [3.8, 4) is 0 Å². The van der Waals surface area contributed by atoms with E-state index in [1.165, 1.54) is 0 Å². The molecule has 0 aliphatic rings. The number of benzene rings is 3. The van der Waals surface area contributed by atoms with Gasteiger partial charge in [-0.25, -0.2) is 0 Å². The van der Waals surface area contributed by atoms with Crippen LogP contribution in [-0.4, -0.2) is 29.3 Å². The number of likely N-dealkylation sites (N-methyl/N-ethyl adjacent to an activating group) is 1. The lowest BCUT2D eigenvalue weighted by Crippen LogP contribution is -2.50. The van der Waals surface area contributed by atoms with Crippen LogP contribution in [0.3, 0.4) is 0 Å². The molecule has 0 heterocycles. The van der Waals surface area contributed by atoms with Crippen molar-refractivity contribution < 1.29 is 9.59 Å². The zero-order valence-corrected chi connectivity index (χ0v) is 17.3. The van der Waals surface area contributed by atoms with Crippen LogP contribution in [0.1, 0.15) is 23.6 Å². The lowest BCUT2D eigenvalue weighted by molar-refractivity contribution is -0.140. The smallest absolute Gasteiger partial charge is 0.243 e. The van der Waals surface area contributed by atoms with Gasteiger partial charge in [0.2, 0.25) is 11.8 Å². The third kappa shape index (κ3) is 6.05. The first-order valence-corrected chi connectivity index (χ1v) is 10.4. The van der Waals surface area contributed by atoms with Gasteiger partial charge in [-0.15, -0.1) is 0 Å². The standard InChI is InChI=1S/C26H28N2O2/c1-2-27-26(30)24(18-21-12-6-3-7-13-21)28(20-23-16-10-5-11-17-23)25(29)19-22-14-8-4-9-15-22/h3-17,24H,2,18-20H2,1H3,(H,27,30)/t24-/m0/s1. The maximum Gasteiger partial charge on any atom is 0.243 e. The molecule has 0 aliphatic heterocycles. The zero-order chi connectivity index (χ0) is 21.2. The highest BCUT2D eigenvalue weighted by Crippen LogP contribution is 2.16. The molecular formula is C26H28N2O2. The van der Waals surface area contributed by atoms with Crippen molar-refractivity contribution in [3.05, 3.63) is 108 Å². The second-order valence-corrected chi connectivity index (χ2v) is 7.27. The minimum Gasteiger partial charge on any atom is -0.355 e. The lowest BCUT2D eigenvalue weighted by atomic mass is 10.0. The Morgan fingerprint density at radius 1 is 0.767 bits per heavy atom. The average Bonchev–Trinajstić information content (AvgIpc) is 2.78. The van der Waals surface area contributed by atoms with Gasteiger partial charge in [0, 0.05) is 19.5 Å². The predicted molar refractivity (Wildman–Crippen MR) is 120 cm³/mol. The summed E-state index contributed by atoms with van der Waals surface area (Å²) in [5.74, 6) is -0.184. The first-order chi connectivity index (χ1) is 14.7. The third-order valence-electron chi connectivity index (χ3n) is 5.02. The van der Waals surface area contributed by atoms with Crippen molar-refractivity contribution in [1.82, 2.24) is 10.2 Å². The van der Waals surface area contributed by atoms with E-state index >= 15 is 0 Å². The van der Waals surface area contributed by atoms with E-state index in [-0.39, 0.29) is 18.2 Å².